The number of carbonyl (C=O) groups is 1. The number of carbonyl (C=O) groups excluding carboxylic acids is 1. The Morgan fingerprint density at radius 2 is 2.44 bits per heavy atom. The van der Waals surface area contributed by atoms with E-state index >= 15 is 0 Å². The number of pyridine rings is 1. The van der Waals surface area contributed by atoms with E-state index in [2.05, 4.69) is 4.98 Å². The number of nitrogens with zero attached hydrogens (tertiary/aromatic N) is 1. The number of rotatable bonds is 5. The number of esters is 1. The van der Waals surface area contributed by atoms with Crippen molar-refractivity contribution in [2.24, 2.45) is 5.92 Å². The van der Waals surface area contributed by atoms with E-state index in [1.807, 2.05) is 13.0 Å². The maximum absolute atomic E-state index is 11.5. The standard InChI is InChI=1S/C12H15NO2S/c1-2-15-12(14)10-5-6-13-11(7-10)16-8-9-3-4-9/h5-7,9H,2-4,8H2,1H3. The minimum Gasteiger partial charge on any atom is -0.462 e. The molecule has 1 fully saturated rings. The molecule has 3 nitrogen and oxygen atoms in total. The monoisotopic (exact) mass is 237 g/mol. The Morgan fingerprint density at radius 1 is 1.62 bits per heavy atom. The minimum absolute atomic E-state index is 0.266. The first-order chi connectivity index (χ1) is 7.79. The zero-order valence-corrected chi connectivity index (χ0v) is 10.1. The van der Waals surface area contributed by atoms with E-state index in [0.29, 0.717) is 12.2 Å². The predicted octanol–water partition coefficient (Wildman–Crippen LogP) is 2.76. The first-order valence-corrected chi connectivity index (χ1v) is 6.54. The van der Waals surface area contributed by atoms with Crippen molar-refractivity contribution >= 4 is 17.7 Å². The van der Waals surface area contributed by atoms with Crippen molar-refractivity contribution in [2.45, 2.75) is 24.8 Å². The van der Waals surface area contributed by atoms with Gasteiger partial charge < -0.3 is 4.74 Å². The van der Waals surface area contributed by atoms with Crippen LogP contribution in [0.25, 0.3) is 0 Å². The van der Waals surface area contributed by atoms with Crippen LogP contribution < -0.4 is 0 Å². The van der Waals surface area contributed by atoms with E-state index in [1.165, 1.54) is 12.8 Å². The van der Waals surface area contributed by atoms with Crippen LogP contribution in [0.15, 0.2) is 23.4 Å². The lowest BCUT2D eigenvalue weighted by Crippen LogP contribution is -2.04. The van der Waals surface area contributed by atoms with Crippen molar-refractivity contribution in [2.75, 3.05) is 12.4 Å². The van der Waals surface area contributed by atoms with Gasteiger partial charge in [0.05, 0.1) is 17.2 Å². The van der Waals surface area contributed by atoms with Crippen molar-refractivity contribution in [3.05, 3.63) is 23.9 Å². The smallest absolute Gasteiger partial charge is 0.338 e. The third kappa shape index (κ3) is 3.23. The first kappa shape index (κ1) is 11.5. The van der Waals surface area contributed by atoms with Crippen LogP contribution in [0.3, 0.4) is 0 Å². The van der Waals surface area contributed by atoms with E-state index in [-0.39, 0.29) is 5.97 Å². The molecular formula is C12H15NO2S. The Bertz CT molecular complexity index is 377. The van der Waals surface area contributed by atoms with Gasteiger partial charge in [0.2, 0.25) is 0 Å². The second-order valence-corrected chi connectivity index (χ2v) is 4.90. The molecule has 16 heavy (non-hydrogen) atoms. The summed E-state index contributed by atoms with van der Waals surface area (Å²) in [6.45, 7) is 2.22. The molecule has 1 aromatic heterocycles. The fraction of sp³-hybridized carbons (Fsp3) is 0.500. The number of ether oxygens (including phenoxy) is 1. The molecule has 0 unspecified atom stereocenters. The highest BCUT2D eigenvalue weighted by molar-refractivity contribution is 7.99. The Hall–Kier alpha value is -1.03. The summed E-state index contributed by atoms with van der Waals surface area (Å²) < 4.78 is 4.94. The Morgan fingerprint density at radius 3 is 3.12 bits per heavy atom. The van der Waals surface area contributed by atoms with Gasteiger partial charge >= 0.3 is 5.97 Å². The maximum Gasteiger partial charge on any atom is 0.338 e. The SMILES string of the molecule is CCOC(=O)c1ccnc(SCC2CC2)c1. The van der Waals surface area contributed by atoms with Gasteiger partial charge in [-0.15, -0.1) is 11.8 Å². The molecule has 0 spiro atoms. The summed E-state index contributed by atoms with van der Waals surface area (Å²) in [7, 11) is 0. The second kappa shape index (κ2) is 5.34. The van der Waals surface area contributed by atoms with Crippen molar-refractivity contribution in [3.63, 3.8) is 0 Å². The number of hydrogen-bond acceptors (Lipinski definition) is 4. The molecule has 1 saturated carbocycles. The lowest BCUT2D eigenvalue weighted by molar-refractivity contribution is 0.0526. The highest BCUT2D eigenvalue weighted by Crippen LogP contribution is 2.34. The molecule has 2 rings (SSSR count). The zero-order chi connectivity index (χ0) is 11.4. The minimum atomic E-state index is -0.266. The van der Waals surface area contributed by atoms with Crippen LogP contribution >= 0.6 is 11.8 Å². The van der Waals surface area contributed by atoms with E-state index in [0.717, 1.165) is 16.7 Å². The topological polar surface area (TPSA) is 39.2 Å². The molecule has 1 heterocycles. The van der Waals surface area contributed by atoms with Gasteiger partial charge in [0, 0.05) is 11.9 Å². The van der Waals surface area contributed by atoms with Gasteiger partial charge in [0.1, 0.15) is 0 Å². The summed E-state index contributed by atoms with van der Waals surface area (Å²) in [5, 5.41) is 0.914. The average Bonchev–Trinajstić information content (AvgIpc) is 3.11. The first-order valence-electron chi connectivity index (χ1n) is 5.55. The van der Waals surface area contributed by atoms with Crippen molar-refractivity contribution in [1.29, 1.82) is 0 Å². The van der Waals surface area contributed by atoms with Crippen LogP contribution in [0.5, 0.6) is 0 Å². The number of hydrogen-bond donors (Lipinski definition) is 0. The normalized spacial score (nSPS) is 14.8. The Kier molecular flexibility index (Phi) is 3.83. The van der Waals surface area contributed by atoms with Crippen LogP contribution in [-0.2, 0) is 4.74 Å². The van der Waals surface area contributed by atoms with Crippen LogP contribution in [0.2, 0.25) is 0 Å². The van der Waals surface area contributed by atoms with E-state index in [1.54, 1.807) is 24.0 Å². The molecule has 86 valence electrons. The summed E-state index contributed by atoms with van der Waals surface area (Å²) in [4.78, 5) is 15.7. The van der Waals surface area contributed by atoms with Gasteiger partial charge in [0.15, 0.2) is 0 Å². The average molecular weight is 237 g/mol. The van der Waals surface area contributed by atoms with Gasteiger partial charge in [-0.2, -0.15) is 0 Å². The van der Waals surface area contributed by atoms with Crippen LogP contribution in [0, 0.1) is 5.92 Å². The van der Waals surface area contributed by atoms with Crippen LogP contribution in [0.1, 0.15) is 30.1 Å². The van der Waals surface area contributed by atoms with Gasteiger partial charge in [-0.1, -0.05) is 0 Å². The molecule has 0 bridgehead atoms. The predicted molar refractivity (Wildman–Crippen MR) is 63.6 cm³/mol. The number of thioether (sulfide) groups is 1. The Labute approximate surface area is 99.6 Å². The van der Waals surface area contributed by atoms with Gasteiger partial charge in [-0.3, -0.25) is 0 Å². The molecule has 0 aromatic carbocycles. The van der Waals surface area contributed by atoms with Gasteiger partial charge in [-0.25, -0.2) is 9.78 Å². The molecule has 1 aliphatic rings. The van der Waals surface area contributed by atoms with Crippen molar-refractivity contribution in [3.8, 4) is 0 Å². The zero-order valence-electron chi connectivity index (χ0n) is 9.31. The van der Waals surface area contributed by atoms with Gasteiger partial charge in [-0.05, 0) is 37.8 Å². The quantitative estimate of drug-likeness (QED) is 0.583. The molecule has 0 radical (unpaired) electrons. The molecular weight excluding hydrogens is 222 g/mol. The largest absolute Gasteiger partial charge is 0.462 e. The molecule has 1 aromatic rings. The third-order valence-corrected chi connectivity index (χ3v) is 3.57. The van der Waals surface area contributed by atoms with E-state index in [4.69, 9.17) is 4.74 Å². The fourth-order valence-electron chi connectivity index (χ4n) is 1.32. The van der Waals surface area contributed by atoms with Crippen LogP contribution in [0.4, 0.5) is 0 Å². The lowest BCUT2D eigenvalue weighted by Gasteiger charge is -2.03. The molecule has 0 saturated heterocycles. The van der Waals surface area contributed by atoms with Gasteiger partial charge in [0.25, 0.3) is 0 Å². The van der Waals surface area contributed by atoms with Crippen LogP contribution in [-0.4, -0.2) is 23.3 Å². The molecule has 0 atom stereocenters. The molecule has 0 amide bonds. The highest BCUT2D eigenvalue weighted by atomic mass is 32.2. The molecule has 0 aliphatic heterocycles. The maximum atomic E-state index is 11.5. The Balaban J connectivity index is 1.97. The molecule has 1 aliphatic carbocycles. The van der Waals surface area contributed by atoms with Crippen molar-refractivity contribution < 1.29 is 9.53 Å². The summed E-state index contributed by atoms with van der Waals surface area (Å²) in [6.07, 6.45) is 4.34. The van der Waals surface area contributed by atoms with Crippen molar-refractivity contribution in [1.82, 2.24) is 4.98 Å². The summed E-state index contributed by atoms with van der Waals surface area (Å²) in [6, 6.07) is 3.50. The van der Waals surface area contributed by atoms with E-state index < -0.39 is 0 Å². The lowest BCUT2D eigenvalue weighted by atomic mass is 10.3. The number of aromatic nitrogens is 1. The second-order valence-electron chi connectivity index (χ2n) is 3.86. The van der Waals surface area contributed by atoms with E-state index in [9.17, 15) is 4.79 Å². The molecule has 4 heteroatoms. The third-order valence-electron chi connectivity index (χ3n) is 2.41. The summed E-state index contributed by atoms with van der Waals surface area (Å²) in [5.74, 6) is 1.70. The summed E-state index contributed by atoms with van der Waals surface area (Å²) in [5.41, 5.74) is 0.593. The summed E-state index contributed by atoms with van der Waals surface area (Å²) >= 11 is 1.72. The fourth-order valence-corrected chi connectivity index (χ4v) is 2.40. The molecule has 0 N–H and O–H groups in total. The highest BCUT2D eigenvalue weighted by Gasteiger charge is 2.21.